The minimum Gasteiger partial charge on any atom is -0.491 e. The first kappa shape index (κ1) is 21.9. The topological polar surface area (TPSA) is 65.5 Å². The van der Waals surface area contributed by atoms with Gasteiger partial charge >= 0.3 is 6.09 Å². The first-order valence-electron chi connectivity index (χ1n) is 10.8. The molecule has 162 valence electrons. The van der Waals surface area contributed by atoms with Crippen molar-refractivity contribution < 1.29 is 19.4 Å². The number of benzene rings is 1. The molecule has 0 aliphatic carbocycles. The number of nitrogens with zero attached hydrogens (tertiary/aromatic N) is 3. The van der Waals surface area contributed by atoms with Gasteiger partial charge in [-0.1, -0.05) is 25.0 Å². The summed E-state index contributed by atoms with van der Waals surface area (Å²) < 4.78 is 10.5. The maximum absolute atomic E-state index is 11.5. The number of aliphatic hydroxyl groups is 1. The van der Waals surface area contributed by atoms with Crippen LogP contribution in [0.2, 0.25) is 0 Å². The Morgan fingerprint density at radius 3 is 2.24 bits per heavy atom. The molecule has 0 radical (unpaired) electrons. The summed E-state index contributed by atoms with van der Waals surface area (Å²) in [4.78, 5) is 17.9. The third kappa shape index (κ3) is 7.17. The lowest BCUT2D eigenvalue weighted by Gasteiger charge is -2.34. The fraction of sp³-hybridized carbons (Fsp3) is 0.682. The van der Waals surface area contributed by atoms with Crippen molar-refractivity contribution in [1.29, 1.82) is 0 Å². The summed E-state index contributed by atoms with van der Waals surface area (Å²) in [5.74, 6) is 0.791. The fourth-order valence-corrected chi connectivity index (χ4v) is 4.03. The van der Waals surface area contributed by atoms with Crippen LogP contribution in [0.1, 0.15) is 31.2 Å². The van der Waals surface area contributed by atoms with Crippen LogP contribution in [0.25, 0.3) is 0 Å². The number of hydrogen-bond acceptors (Lipinski definition) is 6. The van der Waals surface area contributed by atoms with E-state index in [1.807, 2.05) is 12.1 Å². The van der Waals surface area contributed by atoms with Gasteiger partial charge in [0.2, 0.25) is 0 Å². The number of methoxy groups -OCH3 is 1. The third-order valence-corrected chi connectivity index (χ3v) is 5.74. The average molecular weight is 406 g/mol. The molecule has 1 aromatic rings. The normalized spacial score (nSPS) is 20.1. The van der Waals surface area contributed by atoms with Crippen molar-refractivity contribution >= 4 is 6.09 Å². The van der Waals surface area contributed by atoms with Gasteiger partial charge in [-0.3, -0.25) is 9.80 Å². The van der Waals surface area contributed by atoms with Gasteiger partial charge in [0.15, 0.2) is 0 Å². The van der Waals surface area contributed by atoms with Crippen molar-refractivity contribution in [2.75, 3.05) is 59.5 Å². The van der Waals surface area contributed by atoms with Crippen molar-refractivity contribution in [3.63, 3.8) is 0 Å². The van der Waals surface area contributed by atoms with Gasteiger partial charge in [0, 0.05) is 39.3 Å². The fourth-order valence-electron chi connectivity index (χ4n) is 4.03. The molecule has 1 atom stereocenters. The Hall–Kier alpha value is -1.83. The van der Waals surface area contributed by atoms with Crippen molar-refractivity contribution in [1.82, 2.24) is 14.7 Å². The van der Waals surface area contributed by atoms with Crippen LogP contribution < -0.4 is 4.74 Å². The Labute approximate surface area is 174 Å². The molecule has 1 amide bonds. The largest absolute Gasteiger partial charge is 0.491 e. The van der Waals surface area contributed by atoms with Crippen LogP contribution in [-0.4, -0.2) is 91.5 Å². The van der Waals surface area contributed by atoms with Crippen molar-refractivity contribution in [2.45, 2.75) is 38.3 Å². The van der Waals surface area contributed by atoms with Crippen LogP contribution in [0.3, 0.4) is 0 Å². The predicted octanol–water partition coefficient (Wildman–Crippen LogP) is 2.19. The minimum absolute atomic E-state index is 0.267. The van der Waals surface area contributed by atoms with Crippen molar-refractivity contribution in [2.24, 2.45) is 0 Å². The van der Waals surface area contributed by atoms with Crippen LogP contribution in [0.5, 0.6) is 5.75 Å². The molecule has 7 nitrogen and oxygen atoms in total. The molecule has 2 fully saturated rings. The molecule has 2 aliphatic heterocycles. The van der Waals surface area contributed by atoms with Gasteiger partial charge in [-0.25, -0.2) is 4.79 Å². The summed E-state index contributed by atoms with van der Waals surface area (Å²) in [6.45, 7) is 6.91. The molecule has 1 unspecified atom stereocenters. The third-order valence-electron chi connectivity index (χ3n) is 5.74. The zero-order valence-corrected chi connectivity index (χ0v) is 17.6. The van der Waals surface area contributed by atoms with E-state index < -0.39 is 6.10 Å². The number of hydrogen-bond donors (Lipinski definition) is 1. The van der Waals surface area contributed by atoms with Gasteiger partial charge in [0.1, 0.15) is 18.5 Å². The maximum Gasteiger partial charge on any atom is 0.409 e. The minimum atomic E-state index is -0.559. The lowest BCUT2D eigenvalue weighted by molar-refractivity contribution is 0.0435. The Balaban J connectivity index is 1.35. The first-order valence-corrected chi connectivity index (χ1v) is 10.8. The molecular weight excluding hydrogens is 370 g/mol. The average Bonchev–Trinajstić information content (AvgIpc) is 3.02. The summed E-state index contributed by atoms with van der Waals surface area (Å²) in [5.41, 5.74) is 1.31. The highest BCUT2D eigenvalue weighted by Gasteiger charge is 2.23. The van der Waals surface area contributed by atoms with Gasteiger partial charge in [-0.2, -0.15) is 0 Å². The van der Waals surface area contributed by atoms with Crippen molar-refractivity contribution in [3.05, 3.63) is 29.8 Å². The molecule has 0 bridgehead atoms. The van der Waals surface area contributed by atoms with E-state index in [0.717, 1.165) is 25.4 Å². The Morgan fingerprint density at radius 2 is 1.62 bits per heavy atom. The number of amides is 1. The zero-order valence-electron chi connectivity index (χ0n) is 17.6. The molecule has 3 rings (SSSR count). The smallest absolute Gasteiger partial charge is 0.409 e. The molecule has 2 heterocycles. The summed E-state index contributed by atoms with van der Waals surface area (Å²) in [6, 6.07) is 8.24. The highest BCUT2D eigenvalue weighted by molar-refractivity contribution is 5.67. The van der Waals surface area contributed by atoms with E-state index in [0.29, 0.717) is 19.6 Å². The number of β-amino-alcohol motifs (C(OH)–C–C–N with tert-alkyl or cyclic N) is 1. The molecule has 2 aliphatic rings. The van der Waals surface area contributed by atoms with Crippen LogP contribution in [-0.2, 0) is 11.3 Å². The Morgan fingerprint density at radius 1 is 0.966 bits per heavy atom. The number of likely N-dealkylation sites (tertiary alicyclic amines) is 1. The maximum atomic E-state index is 11.5. The summed E-state index contributed by atoms with van der Waals surface area (Å²) in [5, 5.41) is 10.3. The highest BCUT2D eigenvalue weighted by atomic mass is 16.5. The zero-order chi connectivity index (χ0) is 20.5. The number of piperazine rings is 1. The number of rotatable bonds is 7. The quantitative estimate of drug-likeness (QED) is 0.750. The second kappa shape index (κ2) is 11.4. The molecule has 7 heteroatoms. The van der Waals surface area contributed by atoms with E-state index >= 15 is 0 Å². The van der Waals surface area contributed by atoms with Gasteiger partial charge in [0.25, 0.3) is 0 Å². The number of carbonyl (C=O) groups is 1. The first-order chi connectivity index (χ1) is 14.1. The molecular formula is C22H35N3O4. The van der Waals surface area contributed by atoms with Crippen molar-refractivity contribution in [3.8, 4) is 5.75 Å². The number of aliphatic hydroxyl groups excluding tert-OH is 1. The number of ether oxygens (including phenoxy) is 2. The van der Waals surface area contributed by atoms with Gasteiger partial charge in [-0.05, 0) is 43.6 Å². The Bertz CT molecular complexity index is 609. The van der Waals surface area contributed by atoms with Crippen LogP contribution in [0.4, 0.5) is 4.79 Å². The number of carbonyl (C=O) groups excluding carboxylic acids is 1. The molecule has 1 aromatic carbocycles. The van der Waals surface area contributed by atoms with E-state index in [4.69, 9.17) is 9.47 Å². The molecule has 0 aromatic heterocycles. The van der Waals surface area contributed by atoms with E-state index in [1.165, 1.54) is 51.4 Å². The molecule has 0 spiro atoms. The molecule has 2 saturated heterocycles. The van der Waals surface area contributed by atoms with E-state index in [1.54, 1.807) is 4.90 Å². The summed E-state index contributed by atoms with van der Waals surface area (Å²) >= 11 is 0. The van der Waals surface area contributed by atoms with Gasteiger partial charge in [-0.15, -0.1) is 0 Å². The van der Waals surface area contributed by atoms with Crippen LogP contribution >= 0.6 is 0 Å². The lowest BCUT2D eigenvalue weighted by atomic mass is 10.2. The summed E-state index contributed by atoms with van der Waals surface area (Å²) in [6.07, 6.45) is 4.47. The predicted molar refractivity (Wildman–Crippen MR) is 112 cm³/mol. The van der Waals surface area contributed by atoms with Gasteiger partial charge < -0.3 is 19.5 Å². The second-order valence-electron chi connectivity index (χ2n) is 8.06. The summed E-state index contributed by atoms with van der Waals surface area (Å²) in [7, 11) is 1.40. The van der Waals surface area contributed by atoms with E-state index in [-0.39, 0.29) is 12.7 Å². The monoisotopic (exact) mass is 405 g/mol. The molecule has 1 N–H and O–H groups in total. The molecule has 0 saturated carbocycles. The van der Waals surface area contributed by atoms with Crippen LogP contribution in [0, 0.1) is 0 Å². The molecule has 29 heavy (non-hydrogen) atoms. The second-order valence-corrected chi connectivity index (χ2v) is 8.06. The highest BCUT2D eigenvalue weighted by Crippen LogP contribution is 2.17. The lowest BCUT2D eigenvalue weighted by Crippen LogP contribution is -2.50. The van der Waals surface area contributed by atoms with Crippen LogP contribution in [0.15, 0.2) is 24.3 Å². The van der Waals surface area contributed by atoms with E-state index in [2.05, 4.69) is 21.9 Å². The van der Waals surface area contributed by atoms with Gasteiger partial charge in [0.05, 0.1) is 7.11 Å². The SMILES string of the molecule is COC(=O)N1CCN(CC(O)COc2ccc(CN3CCCCCC3)cc2)CC1. The van der Waals surface area contributed by atoms with E-state index in [9.17, 15) is 9.90 Å². The standard InChI is InChI=1S/C22H35N3O4/c1-28-22(27)25-14-12-24(13-15-25)17-20(26)18-29-21-8-6-19(7-9-21)16-23-10-4-2-3-5-11-23/h6-9,20,26H,2-5,10-18H2,1H3. The Kier molecular flexibility index (Phi) is 8.58.